The monoisotopic (exact) mass is 240 g/mol. The van der Waals surface area contributed by atoms with Gasteiger partial charge in [-0.05, 0) is 33.5 Å². The summed E-state index contributed by atoms with van der Waals surface area (Å²) in [5.41, 5.74) is 0. The number of carbonyl (C=O) groups excluding carboxylic acids is 1. The highest BCUT2D eigenvalue weighted by Crippen LogP contribution is 2.17. The molecule has 4 nitrogen and oxygen atoms in total. The molecule has 0 radical (unpaired) electrons. The lowest BCUT2D eigenvalue weighted by Crippen LogP contribution is -2.42. The molecule has 0 aromatic carbocycles. The van der Waals surface area contributed by atoms with Gasteiger partial charge in [-0.25, -0.2) is 0 Å². The number of nitrogens with zero attached hydrogens (tertiary/aromatic N) is 2. The first-order valence-electron chi connectivity index (χ1n) is 6.66. The summed E-state index contributed by atoms with van der Waals surface area (Å²) in [6, 6.07) is 0.666. The van der Waals surface area contributed by atoms with Crippen LogP contribution in [0.25, 0.3) is 0 Å². The third kappa shape index (κ3) is 3.50. The average Bonchev–Trinajstić information content (AvgIpc) is 2.68. The minimum absolute atomic E-state index is 0.0976. The summed E-state index contributed by atoms with van der Waals surface area (Å²) in [4.78, 5) is 16.4. The maximum atomic E-state index is 11.7. The van der Waals surface area contributed by atoms with Gasteiger partial charge in [0.1, 0.15) is 5.78 Å². The predicted octanol–water partition coefficient (Wildman–Crippen LogP) is 0.618. The van der Waals surface area contributed by atoms with Crippen molar-refractivity contribution in [2.24, 2.45) is 5.92 Å². The van der Waals surface area contributed by atoms with E-state index in [0.29, 0.717) is 31.5 Å². The highest BCUT2D eigenvalue weighted by Gasteiger charge is 2.27. The number of hydrogen-bond acceptors (Lipinski definition) is 4. The molecule has 2 saturated heterocycles. The maximum Gasteiger partial charge on any atom is 0.141 e. The van der Waals surface area contributed by atoms with Gasteiger partial charge in [0.25, 0.3) is 0 Å². The summed E-state index contributed by atoms with van der Waals surface area (Å²) in [5, 5.41) is 0. The second-order valence-corrected chi connectivity index (χ2v) is 5.49. The Kier molecular flexibility index (Phi) is 4.54. The molecule has 2 aliphatic rings. The van der Waals surface area contributed by atoms with Crippen LogP contribution in [0.5, 0.6) is 0 Å². The normalized spacial score (nSPS) is 31.4. The average molecular weight is 240 g/mol. The van der Waals surface area contributed by atoms with E-state index in [0.717, 1.165) is 13.1 Å². The van der Waals surface area contributed by atoms with Gasteiger partial charge in [-0.1, -0.05) is 0 Å². The quantitative estimate of drug-likeness (QED) is 0.721. The Morgan fingerprint density at radius 1 is 1.47 bits per heavy atom. The number of ketones is 1. The van der Waals surface area contributed by atoms with Crippen molar-refractivity contribution in [3.63, 3.8) is 0 Å². The van der Waals surface area contributed by atoms with Crippen LogP contribution in [-0.2, 0) is 9.53 Å². The molecule has 0 spiro atoms. The van der Waals surface area contributed by atoms with Crippen molar-refractivity contribution < 1.29 is 9.53 Å². The van der Waals surface area contributed by atoms with Crippen LogP contribution in [-0.4, -0.2) is 68.6 Å². The van der Waals surface area contributed by atoms with Crippen LogP contribution >= 0.6 is 0 Å². The van der Waals surface area contributed by atoms with E-state index in [1.165, 1.54) is 19.4 Å². The molecule has 0 saturated carbocycles. The molecule has 2 aliphatic heterocycles. The highest BCUT2D eigenvalue weighted by molar-refractivity contribution is 5.82. The highest BCUT2D eigenvalue weighted by atomic mass is 16.5. The Morgan fingerprint density at radius 3 is 2.94 bits per heavy atom. The molecule has 0 aromatic rings. The van der Waals surface area contributed by atoms with Crippen molar-refractivity contribution in [1.29, 1.82) is 0 Å². The summed E-state index contributed by atoms with van der Waals surface area (Å²) in [5.74, 6) is 0.475. The van der Waals surface area contributed by atoms with Crippen LogP contribution in [0.1, 0.15) is 19.3 Å². The molecule has 2 unspecified atom stereocenters. The van der Waals surface area contributed by atoms with Crippen LogP contribution in [0.3, 0.4) is 0 Å². The molecule has 98 valence electrons. The van der Waals surface area contributed by atoms with E-state index in [2.05, 4.69) is 23.9 Å². The minimum atomic E-state index is 0.0976. The smallest absolute Gasteiger partial charge is 0.141 e. The first-order chi connectivity index (χ1) is 8.16. The summed E-state index contributed by atoms with van der Waals surface area (Å²) in [6.45, 7) is 4.36. The summed E-state index contributed by atoms with van der Waals surface area (Å²) in [7, 11) is 4.31. The second-order valence-electron chi connectivity index (χ2n) is 5.49. The van der Waals surface area contributed by atoms with Crippen molar-refractivity contribution in [1.82, 2.24) is 9.80 Å². The lowest BCUT2D eigenvalue weighted by Gasteiger charge is -2.29. The molecular formula is C13H24N2O2. The van der Waals surface area contributed by atoms with Gasteiger partial charge in [0.05, 0.1) is 19.1 Å². The fourth-order valence-corrected chi connectivity index (χ4v) is 2.87. The van der Waals surface area contributed by atoms with Gasteiger partial charge >= 0.3 is 0 Å². The number of rotatable bonds is 4. The molecule has 17 heavy (non-hydrogen) atoms. The molecule has 2 rings (SSSR count). The molecule has 0 aliphatic carbocycles. The Labute approximate surface area is 104 Å². The summed E-state index contributed by atoms with van der Waals surface area (Å²) >= 11 is 0. The van der Waals surface area contributed by atoms with Crippen LogP contribution in [0.15, 0.2) is 0 Å². The van der Waals surface area contributed by atoms with E-state index >= 15 is 0 Å². The molecule has 0 amide bonds. The Balaban J connectivity index is 1.76. The van der Waals surface area contributed by atoms with Crippen LogP contribution in [0.2, 0.25) is 0 Å². The van der Waals surface area contributed by atoms with Gasteiger partial charge in [0.2, 0.25) is 0 Å². The zero-order valence-corrected chi connectivity index (χ0v) is 11.0. The molecule has 2 fully saturated rings. The van der Waals surface area contributed by atoms with E-state index < -0.39 is 0 Å². The van der Waals surface area contributed by atoms with Gasteiger partial charge < -0.3 is 14.5 Å². The van der Waals surface area contributed by atoms with Crippen LogP contribution < -0.4 is 0 Å². The van der Waals surface area contributed by atoms with E-state index in [1.54, 1.807) is 0 Å². The van der Waals surface area contributed by atoms with Crippen molar-refractivity contribution >= 4 is 5.78 Å². The molecule has 4 heteroatoms. The van der Waals surface area contributed by atoms with Gasteiger partial charge in [-0.15, -0.1) is 0 Å². The molecule has 0 N–H and O–H groups in total. The number of Topliss-reactive ketones (excluding diaryl/α,β-unsaturated/α-hetero) is 1. The minimum Gasteiger partial charge on any atom is -0.380 e. The van der Waals surface area contributed by atoms with Crippen LogP contribution in [0, 0.1) is 5.92 Å². The largest absolute Gasteiger partial charge is 0.380 e. The van der Waals surface area contributed by atoms with Crippen molar-refractivity contribution in [2.45, 2.75) is 25.3 Å². The Hall–Kier alpha value is -0.450. The third-order valence-corrected chi connectivity index (χ3v) is 3.99. The summed E-state index contributed by atoms with van der Waals surface area (Å²) in [6.07, 6.45) is 3.19. The Bertz CT molecular complexity index is 270. The lowest BCUT2D eigenvalue weighted by molar-refractivity contribution is -0.131. The second kappa shape index (κ2) is 5.94. The summed E-state index contributed by atoms with van der Waals surface area (Å²) < 4.78 is 5.39. The number of likely N-dealkylation sites (tertiary alicyclic amines) is 1. The third-order valence-electron chi connectivity index (χ3n) is 3.99. The topological polar surface area (TPSA) is 32.8 Å². The molecule has 2 atom stereocenters. The van der Waals surface area contributed by atoms with E-state index in [4.69, 9.17) is 4.74 Å². The Morgan fingerprint density at radius 2 is 2.29 bits per heavy atom. The number of likely N-dealkylation sites (N-methyl/N-ethyl adjacent to an activating group) is 2. The van der Waals surface area contributed by atoms with E-state index in [-0.39, 0.29) is 5.92 Å². The first-order valence-corrected chi connectivity index (χ1v) is 6.66. The van der Waals surface area contributed by atoms with Crippen molar-refractivity contribution in [2.75, 3.05) is 46.9 Å². The SMILES string of the molecule is CN(CC1COCCC1=O)CC1CCCN1C. The van der Waals surface area contributed by atoms with E-state index in [1.807, 2.05) is 0 Å². The number of hydrogen-bond donors (Lipinski definition) is 0. The fraction of sp³-hybridized carbons (Fsp3) is 0.923. The van der Waals surface area contributed by atoms with Crippen LogP contribution in [0.4, 0.5) is 0 Å². The molecule has 0 aromatic heterocycles. The van der Waals surface area contributed by atoms with Crippen molar-refractivity contribution in [3.05, 3.63) is 0 Å². The van der Waals surface area contributed by atoms with Gasteiger partial charge in [-0.2, -0.15) is 0 Å². The lowest BCUT2D eigenvalue weighted by atomic mass is 10.00. The van der Waals surface area contributed by atoms with Gasteiger partial charge in [0, 0.05) is 25.6 Å². The fourth-order valence-electron chi connectivity index (χ4n) is 2.87. The molecule has 0 bridgehead atoms. The van der Waals surface area contributed by atoms with Gasteiger partial charge in [0.15, 0.2) is 0 Å². The van der Waals surface area contributed by atoms with Crippen molar-refractivity contribution in [3.8, 4) is 0 Å². The molecule has 2 heterocycles. The zero-order valence-electron chi connectivity index (χ0n) is 11.0. The molecular weight excluding hydrogens is 216 g/mol. The maximum absolute atomic E-state index is 11.7. The standard InChI is InChI=1S/C13H24N2O2/c1-14(9-12-4-3-6-15(12)2)8-11-10-17-7-5-13(11)16/h11-12H,3-10H2,1-2H3. The van der Waals surface area contributed by atoms with Gasteiger partial charge in [-0.3, -0.25) is 4.79 Å². The zero-order chi connectivity index (χ0) is 12.3. The van der Waals surface area contributed by atoms with E-state index in [9.17, 15) is 4.79 Å². The predicted molar refractivity (Wildman–Crippen MR) is 67.1 cm³/mol. The first kappa shape index (κ1) is 13.0. The number of carbonyl (C=O) groups is 1. The number of ether oxygens (including phenoxy) is 1.